The van der Waals surface area contributed by atoms with E-state index in [1.165, 1.54) is 4.90 Å². The number of halogens is 3. The lowest BCUT2D eigenvalue weighted by atomic mass is 10.1. The molecule has 9 heteroatoms. The minimum atomic E-state index is -2.67. The van der Waals surface area contributed by atoms with Crippen molar-refractivity contribution in [3.8, 4) is 0 Å². The fourth-order valence-electron chi connectivity index (χ4n) is 3.14. The molecular weight excluding hydrogens is 384 g/mol. The van der Waals surface area contributed by atoms with E-state index in [4.69, 9.17) is 0 Å². The summed E-state index contributed by atoms with van der Waals surface area (Å²) in [6.45, 7) is 1.26. The van der Waals surface area contributed by atoms with E-state index < -0.39 is 18.4 Å². The van der Waals surface area contributed by atoms with E-state index in [9.17, 15) is 13.6 Å². The predicted octanol–water partition coefficient (Wildman–Crippen LogP) is 1.25. The Bertz CT molecular complexity index is 733. The molecule has 6 nitrogen and oxygen atoms in total. The van der Waals surface area contributed by atoms with E-state index in [-0.39, 0.29) is 19.0 Å². The molecule has 2 fully saturated rings. The van der Waals surface area contributed by atoms with Crippen LogP contribution in [0.2, 0.25) is 0 Å². The highest BCUT2D eigenvalue weighted by atomic mass is 79.9. The first-order valence-electron chi connectivity index (χ1n) is 7.54. The highest BCUT2D eigenvalue weighted by Crippen LogP contribution is 2.30. The molecule has 0 aliphatic carbocycles. The molecule has 4 rings (SSSR count). The molecule has 1 aromatic carbocycles. The molecule has 2 unspecified atom stereocenters. The van der Waals surface area contributed by atoms with Crippen LogP contribution in [0.3, 0.4) is 0 Å². The van der Waals surface area contributed by atoms with Crippen LogP contribution in [-0.2, 0) is 4.79 Å². The highest BCUT2D eigenvalue weighted by molar-refractivity contribution is 9.10. The van der Waals surface area contributed by atoms with Crippen LogP contribution in [0.5, 0.6) is 0 Å². The highest BCUT2D eigenvalue weighted by Gasteiger charge is 2.49. The summed E-state index contributed by atoms with van der Waals surface area (Å²) in [4.78, 5) is 13.8. The van der Waals surface area contributed by atoms with E-state index in [1.54, 1.807) is 11.2 Å². The Hall–Kier alpha value is -1.55. The zero-order valence-corrected chi connectivity index (χ0v) is 14.4. The summed E-state index contributed by atoms with van der Waals surface area (Å²) in [6.07, 6.45) is 0.711. The van der Waals surface area contributed by atoms with Crippen molar-refractivity contribution < 1.29 is 13.6 Å². The second-order valence-electron chi connectivity index (χ2n) is 6.25. The smallest absolute Gasteiger partial charge is 0.273 e. The topological polar surface area (TPSA) is 59.6 Å². The van der Waals surface area contributed by atoms with Crippen molar-refractivity contribution in [1.29, 1.82) is 0 Å². The van der Waals surface area contributed by atoms with E-state index in [0.29, 0.717) is 5.57 Å². The second kappa shape index (κ2) is 5.48. The van der Waals surface area contributed by atoms with Gasteiger partial charge in [-0.1, -0.05) is 15.9 Å². The SMILES string of the molecule is Cc1cc(Br)ccc1N1C=C2C(=O)NC(N3CC(F)(F)C3)NC2N1. The zero-order chi connectivity index (χ0) is 17.1. The number of hydrogen-bond donors (Lipinski definition) is 3. The number of nitrogens with zero attached hydrogens (tertiary/aromatic N) is 2. The molecule has 3 aliphatic heterocycles. The lowest BCUT2D eigenvalue weighted by Crippen LogP contribution is -2.73. The fourth-order valence-corrected chi connectivity index (χ4v) is 3.61. The molecule has 2 saturated heterocycles. The minimum Gasteiger partial charge on any atom is -0.324 e. The normalized spacial score (nSPS) is 28.9. The Morgan fingerprint density at radius 1 is 1.33 bits per heavy atom. The lowest BCUT2D eigenvalue weighted by molar-refractivity contribution is -0.162. The maximum atomic E-state index is 13.0. The second-order valence-corrected chi connectivity index (χ2v) is 7.17. The van der Waals surface area contributed by atoms with Crippen LogP contribution in [0.25, 0.3) is 0 Å². The summed E-state index contributed by atoms with van der Waals surface area (Å²) in [6, 6.07) is 5.84. The Labute approximate surface area is 146 Å². The monoisotopic (exact) mass is 399 g/mol. The molecule has 24 heavy (non-hydrogen) atoms. The summed E-state index contributed by atoms with van der Waals surface area (Å²) in [5, 5.41) is 7.65. The number of rotatable bonds is 2. The van der Waals surface area contributed by atoms with Crippen molar-refractivity contribution >= 4 is 27.5 Å². The van der Waals surface area contributed by atoms with Crippen LogP contribution >= 0.6 is 15.9 Å². The van der Waals surface area contributed by atoms with Crippen molar-refractivity contribution in [2.45, 2.75) is 25.3 Å². The molecule has 0 radical (unpaired) electrons. The van der Waals surface area contributed by atoms with Crippen molar-refractivity contribution in [2.75, 3.05) is 18.1 Å². The Morgan fingerprint density at radius 3 is 2.75 bits per heavy atom. The average molecular weight is 400 g/mol. The molecular formula is C15H16BrF2N5O. The fraction of sp³-hybridized carbons (Fsp3) is 0.400. The summed E-state index contributed by atoms with van der Waals surface area (Å²) >= 11 is 3.43. The molecule has 3 N–H and O–H groups in total. The van der Waals surface area contributed by atoms with E-state index in [2.05, 4.69) is 32.0 Å². The van der Waals surface area contributed by atoms with Crippen LogP contribution in [-0.4, -0.2) is 42.3 Å². The van der Waals surface area contributed by atoms with Gasteiger partial charge in [-0.05, 0) is 30.7 Å². The molecule has 3 heterocycles. The van der Waals surface area contributed by atoms with Crippen molar-refractivity contribution in [3.05, 3.63) is 40.0 Å². The number of amides is 1. The first kappa shape index (κ1) is 15.9. The third-order valence-corrected chi connectivity index (χ3v) is 4.85. The standard InChI is InChI=1S/C15H16BrF2N5O/c1-8-4-9(16)2-3-11(8)23-5-10-12(21-23)19-14(20-13(10)24)22-6-15(17,18)7-22/h2-5,12,14,19,21H,6-7H2,1H3,(H,20,24). The quantitative estimate of drug-likeness (QED) is 0.698. The largest absolute Gasteiger partial charge is 0.324 e. The van der Waals surface area contributed by atoms with Gasteiger partial charge in [0.15, 0.2) is 0 Å². The number of alkyl halides is 2. The van der Waals surface area contributed by atoms with Crippen molar-refractivity contribution in [2.24, 2.45) is 0 Å². The Kier molecular flexibility index (Phi) is 3.64. The molecule has 0 spiro atoms. The average Bonchev–Trinajstić information content (AvgIpc) is 2.88. The molecule has 0 bridgehead atoms. The van der Waals surface area contributed by atoms with Gasteiger partial charge >= 0.3 is 0 Å². The van der Waals surface area contributed by atoms with E-state index in [0.717, 1.165) is 15.7 Å². The van der Waals surface area contributed by atoms with Gasteiger partial charge in [0, 0.05) is 10.7 Å². The number of aryl methyl sites for hydroxylation is 1. The van der Waals surface area contributed by atoms with Gasteiger partial charge in [0.2, 0.25) is 0 Å². The number of fused-ring (bicyclic) bond motifs is 1. The van der Waals surface area contributed by atoms with Crippen LogP contribution in [0, 0.1) is 6.92 Å². The number of hydrazine groups is 1. The summed E-state index contributed by atoms with van der Waals surface area (Å²) in [5.41, 5.74) is 5.67. The van der Waals surface area contributed by atoms with Gasteiger partial charge in [-0.3, -0.25) is 20.0 Å². The predicted molar refractivity (Wildman–Crippen MR) is 88.0 cm³/mol. The first-order valence-corrected chi connectivity index (χ1v) is 8.34. The number of carbonyl (C=O) groups excluding carboxylic acids is 1. The number of anilines is 1. The van der Waals surface area contributed by atoms with Crippen LogP contribution < -0.4 is 21.1 Å². The molecule has 2 atom stereocenters. The molecule has 0 saturated carbocycles. The van der Waals surface area contributed by atoms with Gasteiger partial charge in [-0.15, -0.1) is 0 Å². The number of benzene rings is 1. The van der Waals surface area contributed by atoms with Gasteiger partial charge in [0.05, 0.1) is 24.4 Å². The number of likely N-dealkylation sites (tertiary alicyclic amines) is 1. The van der Waals surface area contributed by atoms with Crippen LogP contribution in [0.15, 0.2) is 34.4 Å². The first-order chi connectivity index (χ1) is 11.3. The Balaban J connectivity index is 1.51. The van der Waals surface area contributed by atoms with E-state index in [1.807, 2.05) is 25.1 Å². The van der Waals surface area contributed by atoms with Crippen molar-refractivity contribution in [3.63, 3.8) is 0 Å². The van der Waals surface area contributed by atoms with Gasteiger partial charge in [-0.2, -0.15) is 0 Å². The molecule has 0 aromatic heterocycles. The summed E-state index contributed by atoms with van der Waals surface area (Å²) in [7, 11) is 0. The van der Waals surface area contributed by atoms with Crippen molar-refractivity contribution in [1.82, 2.24) is 21.0 Å². The summed E-state index contributed by atoms with van der Waals surface area (Å²) < 4.78 is 27.1. The van der Waals surface area contributed by atoms with Gasteiger partial charge in [0.1, 0.15) is 12.5 Å². The molecule has 1 amide bonds. The summed E-state index contributed by atoms with van der Waals surface area (Å²) in [5.74, 6) is -2.93. The molecule has 3 aliphatic rings. The van der Waals surface area contributed by atoms with Crippen LogP contribution in [0.1, 0.15) is 5.56 Å². The third kappa shape index (κ3) is 2.71. The third-order valence-electron chi connectivity index (χ3n) is 4.35. The molecule has 1 aromatic rings. The maximum absolute atomic E-state index is 13.0. The number of nitrogens with one attached hydrogen (secondary N) is 3. The van der Waals surface area contributed by atoms with Crippen LogP contribution in [0.4, 0.5) is 14.5 Å². The van der Waals surface area contributed by atoms with Gasteiger partial charge in [-0.25, -0.2) is 14.2 Å². The maximum Gasteiger partial charge on any atom is 0.273 e. The Morgan fingerprint density at radius 2 is 2.08 bits per heavy atom. The van der Waals surface area contributed by atoms with Gasteiger partial charge < -0.3 is 5.32 Å². The van der Waals surface area contributed by atoms with E-state index >= 15 is 0 Å². The lowest BCUT2D eigenvalue weighted by Gasteiger charge is -2.46. The minimum absolute atomic E-state index is 0.260. The zero-order valence-electron chi connectivity index (χ0n) is 12.8. The molecule has 128 valence electrons. The number of hydrogen-bond acceptors (Lipinski definition) is 5. The van der Waals surface area contributed by atoms with Gasteiger partial charge in [0.25, 0.3) is 11.8 Å². The number of carbonyl (C=O) groups is 1.